The van der Waals surface area contributed by atoms with Gasteiger partial charge in [0.2, 0.25) is 0 Å². The minimum atomic E-state index is -0.714. The molecule has 0 saturated carbocycles. The number of likely N-dealkylation sites (N-methyl/N-ethyl adjacent to an activating group) is 1. The van der Waals surface area contributed by atoms with Gasteiger partial charge in [0.25, 0.3) is 5.91 Å². The first-order chi connectivity index (χ1) is 12.8. The summed E-state index contributed by atoms with van der Waals surface area (Å²) >= 11 is 0. The second kappa shape index (κ2) is 7.38. The Morgan fingerprint density at radius 2 is 1.89 bits per heavy atom. The zero-order valence-corrected chi connectivity index (χ0v) is 16.6. The molecule has 2 fully saturated rings. The molecule has 1 N–H and O–H groups in total. The van der Waals surface area contributed by atoms with E-state index in [4.69, 9.17) is 4.74 Å². The molecule has 2 aliphatic rings. The molecule has 0 atom stereocenters. The van der Waals surface area contributed by atoms with Crippen molar-refractivity contribution >= 4 is 11.9 Å². The molecule has 0 unspecified atom stereocenters. The summed E-state index contributed by atoms with van der Waals surface area (Å²) in [6, 6.07) is 5.12. The fourth-order valence-corrected chi connectivity index (χ4v) is 4.11. The van der Waals surface area contributed by atoms with Crippen LogP contribution in [0.25, 0.3) is 0 Å². The summed E-state index contributed by atoms with van der Waals surface area (Å²) in [5, 5.41) is 10.2. The number of carbonyl (C=O) groups is 2. The van der Waals surface area contributed by atoms with Gasteiger partial charge in [-0.15, -0.1) is 0 Å². The van der Waals surface area contributed by atoms with E-state index in [1.807, 2.05) is 12.1 Å². The molecular weight excluding hydrogens is 346 g/mol. The van der Waals surface area contributed by atoms with Crippen molar-refractivity contribution in [2.45, 2.75) is 38.8 Å². The Labute approximate surface area is 160 Å². The molecule has 2 saturated heterocycles. The molecule has 27 heavy (non-hydrogen) atoms. The lowest BCUT2D eigenvalue weighted by molar-refractivity contribution is -0.135. The fourth-order valence-electron chi connectivity index (χ4n) is 4.11. The highest BCUT2D eigenvalue weighted by Gasteiger charge is 2.56. The maximum Gasteiger partial charge on any atom is 0.327 e. The van der Waals surface area contributed by atoms with Crippen molar-refractivity contribution in [2.75, 3.05) is 33.8 Å². The second-order valence-electron chi connectivity index (χ2n) is 7.95. The van der Waals surface area contributed by atoms with Crippen molar-refractivity contribution in [3.8, 4) is 11.5 Å². The smallest absolute Gasteiger partial charge is 0.327 e. The maximum atomic E-state index is 12.9. The normalized spacial score (nSPS) is 20.2. The average molecular weight is 375 g/mol. The highest BCUT2D eigenvalue weighted by atomic mass is 16.5. The topological polar surface area (TPSA) is 73.3 Å². The first-order valence-electron chi connectivity index (χ1n) is 9.46. The number of benzene rings is 1. The molecule has 0 aliphatic carbocycles. The lowest BCUT2D eigenvalue weighted by atomic mass is 9.85. The Morgan fingerprint density at radius 1 is 1.22 bits per heavy atom. The van der Waals surface area contributed by atoms with Crippen LogP contribution in [0.5, 0.6) is 11.5 Å². The number of carbonyl (C=O) groups excluding carboxylic acids is 2. The number of urea groups is 1. The number of piperidine rings is 1. The number of ether oxygens (including phenoxy) is 1. The van der Waals surface area contributed by atoms with Gasteiger partial charge in [0.15, 0.2) is 0 Å². The number of nitrogens with zero attached hydrogens (tertiary/aromatic N) is 3. The second-order valence-corrected chi connectivity index (χ2v) is 7.95. The summed E-state index contributed by atoms with van der Waals surface area (Å²) in [4.78, 5) is 30.7. The Balaban J connectivity index is 1.71. The van der Waals surface area contributed by atoms with Crippen LogP contribution in [0, 0.1) is 5.92 Å². The van der Waals surface area contributed by atoms with E-state index in [1.54, 1.807) is 25.1 Å². The van der Waals surface area contributed by atoms with Gasteiger partial charge in [-0.2, -0.15) is 0 Å². The Kier molecular flexibility index (Phi) is 5.33. The van der Waals surface area contributed by atoms with Crippen LogP contribution in [0.15, 0.2) is 18.2 Å². The van der Waals surface area contributed by atoms with Gasteiger partial charge in [0, 0.05) is 44.9 Å². The molecule has 1 aromatic rings. The number of phenols is 1. The average Bonchev–Trinajstić information content (AvgIpc) is 2.81. The molecule has 2 aliphatic heterocycles. The first-order valence-corrected chi connectivity index (χ1v) is 9.46. The van der Waals surface area contributed by atoms with Crippen molar-refractivity contribution in [3.05, 3.63) is 23.8 Å². The molecule has 0 bridgehead atoms. The van der Waals surface area contributed by atoms with Gasteiger partial charge in [-0.25, -0.2) is 4.79 Å². The van der Waals surface area contributed by atoms with Gasteiger partial charge in [0.05, 0.1) is 7.11 Å². The summed E-state index contributed by atoms with van der Waals surface area (Å²) in [7, 11) is 3.15. The maximum absolute atomic E-state index is 12.9. The highest BCUT2D eigenvalue weighted by Crippen LogP contribution is 2.38. The third-order valence-corrected chi connectivity index (χ3v) is 5.65. The van der Waals surface area contributed by atoms with Crippen molar-refractivity contribution in [1.29, 1.82) is 0 Å². The molecular formula is C20H29N3O4. The standard InChI is InChI=1S/C20H29N3O4/c1-14(2)12-23-19(26)21(3)18(25)20(23)7-9-22(10-8-20)13-15-5-6-16(27-4)11-17(15)24/h5-6,11,14,24H,7-10,12-13H2,1-4H3. The number of likely N-dealkylation sites (tertiary alicyclic amines) is 1. The predicted octanol–water partition coefficient (Wildman–Crippen LogP) is 2.29. The fraction of sp³-hybridized carbons (Fsp3) is 0.600. The number of hydrogen-bond donors (Lipinski definition) is 1. The van der Waals surface area contributed by atoms with E-state index in [2.05, 4.69) is 18.7 Å². The zero-order chi connectivity index (χ0) is 19.8. The minimum Gasteiger partial charge on any atom is -0.507 e. The molecule has 7 heteroatoms. The van der Waals surface area contributed by atoms with Crippen LogP contribution < -0.4 is 4.74 Å². The van der Waals surface area contributed by atoms with Gasteiger partial charge >= 0.3 is 6.03 Å². The summed E-state index contributed by atoms with van der Waals surface area (Å²) in [6.45, 7) is 6.72. The number of imide groups is 1. The van der Waals surface area contributed by atoms with E-state index in [0.29, 0.717) is 50.7 Å². The Morgan fingerprint density at radius 3 is 2.44 bits per heavy atom. The van der Waals surface area contributed by atoms with Crippen molar-refractivity contribution in [3.63, 3.8) is 0 Å². The number of amides is 3. The van der Waals surface area contributed by atoms with Crippen LogP contribution >= 0.6 is 0 Å². The number of methoxy groups -OCH3 is 1. The van der Waals surface area contributed by atoms with E-state index in [1.165, 1.54) is 4.90 Å². The lowest BCUT2D eigenvalue weighted by Crippen LogP contribution is -2.57. The summed E-state index contributed by atoms with van der Waals surface area (Å²) in [5.74, 6) is 1.05. The van der Waals surface area contributed by atoms with Crippen molar-refractivity contribution < 1.29 is 19.4 Å². The van der Waals surface area contributed by atoms with Crippen LogP contribution in [-0.2, 0) is 11.3 Å². The Bertz CT molecular complexity index is 726. The van der Waals surface area contributed by atoms with Crippen molar-refractivity contribution in [2.24, 2.45) is 5.92 Å². The van der Waals surface area contributed by atoms with E-state index < -0.39 is 5.54 Å². The lowest BCUT2D eigenvalue weighted by Gasteiger charge is -2.42. The van der Waals surface area contributed by atoms with Crippen LogP contribution in [0.3, 0.4) is 0 Å². The minimum absolute atomic E-state index is 0.0832. The number of aromatic hydroxyl groups is 1. The molecule has 1 spiro atoms. The summed E-state index contributed by atoms with van der Waals surface area (Å²) < 4.78 is 5.13. The molecule has 2 heterocycles. The quantitative estimate of drug-likeness (QED) is 0.800. The van der Waals surface area contributed by atoms with Gasteiger partial charge in [-0.05, 0) is 24.8 Å². The van der Waals surface area contributed by atoms with Crippen molar-refractivity contribution in [1.82, 2.24) is 14.7 Å². The largest absolute Gasteiger partial charge is 0.507 e. The third kappa shape index (κ3) is 3.48. The summed E-state index contributed by atoms with van der Waals surface area (Å²) in [5.41, 5.74) is 0.117. The molecule has 148 valence electrons. The zero-order valence-electron chi connectivity index (χ0n) is 16.6. The van der Waals surface area contributed by atoms with Gasteiger partial charge in [-0.1, -0.05) is 19.9 Å². The third-order valence-electron chi connectivity index (χ3n) is 5.65. The van der Waals surface area contributed by atoms with E-state index in [-0.39, 0.29) is 17.7 Å². The molecule has 0 radical (unpaired) electrons. The van der Waals surface area contributed by atoms with Gasteiger partial charge < -0.3 is 14.7 Å². The molecule has 1 aromatic carbocycles. The molecule has 3 amide bonds. The molecule has 3 rings (SSSR count). The SMILES string of the molecule is COc1ccc(CN2CCC3(CC2)C(=O)N(C)C(=O)N3CC(C)C)c(O)c1. The number of rotatable bonds is 5. The summed E-state index contributed by atoms with van der Waals surface area (Å²) in [6.07, 6.45) is 1.23. The van der Waals surface area contributed by atoms with Crippen LogP contribution in [0.4, 0.5) is 4.79 Å². The van der Waals surface area contributed by atoms with E-state index >= 15 is 0 Å². The monoisotopic (exact) mass is 375 g/mol. The highest BCUT2D eigenvalue weighted by molar-refractivity contribution is 6.06. The Hall–Kier alpha value is -2.28. The van der Waals surface area contributed by atoms with E-state index in [0.717, 1.165) is 5.56 Å². The molecule has 0 aromatic heterocycles. The van der Waals surface area contributed by atoms with Crippen LogP contribution in [0.1, 0.15) is 32.3 Å². The number of hydrogen-bond acceptors (Lipinski definition) is 5. The predicted molar refractivity (Wildman–Crippen MR) is 102 cm³/mol. The van der Waals surface area contributed by atoms with Gasteiger partial charge in [-0.3, -0.25) is 14.6 Å². The van der Waals surface area contributed by atoms with E-state index in [9.17, 15) is 14.7 Å². The van der Waals surface area contributed by atoms with Gasteiger partial charge in [0.1, 0.15) is 17.0 Å². The number of phenolic OH excluding ortho intramolecular Hbond substituents is 1. The first kappa shape index (κ1) is 19.5. The molecule has 7 nitrogen and oxygen atoms in total. The van der Waals surface area contributed by atoms with Crippen LogP contribution in [0.2, 0.25) is 0 Å². The van der Waals surface area contributed by atoms with Crippen LogP contribution in [-0.4, -0.2) is 71.1 Å².